The number of nitrogens with two attached hydrogens (primary N) is 1. The van der Waals surface area contributed by atoms with Gasteiger partial charge in [-0.2, -0.15) is 0 Å². The summed E-state index contributed by atoms with van der Waals surface area (Å²) in [7, 11) is 0. The van der Waals surface area contributed by atoms with Gasteiger partial charge >= 0.3 is 11.9 Å². The first kappa shape index (κ1) is 98.1. The molecular weight excluding hydrogens is 1680 g/mol. The molecule has 1 aromatic heterocycles. The maximum Gasteiger partial charge on any atom is 0.305 e. The number of carbonyl (C=O) groups excluding carboxylic acids is 14. The number of hydrogen-bond acceptors (Lipinski definition) is 20. The second-order valence-electron chi connectivity index (χ2n) is 29.6. The van der Waals surface area contributed by atoms with Crippen LogP contribution in [0.5, 0.6) is 5.75 Å². The van der Waals surface area contributed by atoms with E-state index in [4.69, 9.17) is 11.1 Å². The summed E-state index contributed by atoms with van der Waals surface area (Å²) in [5.74, 6) is -19.3. The molecule has 1 saturated heterocycles. The van der Waals surface area contributed by atoms with Gasteiger partial charge in [0.1, 0.15) is 78.3 Å². The van der Waals surface area contributed by atoms with Crippen molar-refractivity contribution in [1.29, 1.82) is 5.41 Å². The summed E-state index contributed by atoms with van der Waals surface area (Å²) in [4.78, 5) is 233. The third-order valence-electron chi connectivity index (χ3n) is 18.9. The number of phenolic OH excluding ortho intramolecular Hbond substituents is 1. The summed E-state index contributed by atoms with van der Waals surface area (Å²) < 4.78 is 2.37. The van der Waals surface area contributed by atoms with Crippen molar-refractivity contribution in [2.24, 2.45) is 17.6 Å². The van der Waals surface area contributed by atoms with E-state index in [0.29, 0.717) is 49.7 Å². The van der Waals surface area contributed by atoms with E-state index in [1.807, 2.05) is 44.2 Å². The van der Waals surface area contributed by atoms with Gasteiger partial charge in [-0.15, -0.1) is 11.8 Å². The number of nitrogens with one attached hydrogen (secondary N) is 17. The highest BCUT2D eigenvalue weighted by Gasteiger charge is 2.39. The number of hydrogen-bond donors (Lipinski definition) is 21. The van der Waals surface area contributed by atoms with Crippen LogP contribution in [0.15, 0.2) is 91.4 Å². The standard InChI is InChI=1S/C79H112IN19O19S/c1-8-10-13-20-52-70(110)91-57(34-47-25-29-51(100)30-26-47)74(114)93-58(35-50-38-83-42-86-50)75(115)94-59(36-64(103)104)68(108)85-39-62(101)98-66(44(5)6)78(118)96-55(32-43(3)4)72(112)92-56(33-46-23-27-49(28-24-46)48-18-15-12-16-19-48)73(113)90-53(21-14-11-9-2)71(111)95-60(37-65(105)106)76(116)97-61(77(117)99-80)40-119-41-63(102)87-45(7)67(107)88-54(69(109)89-52)22-17-31-84-79(81)82/h12,15-16,18-19,23-30,38,42-45,52-61,66,100H,8-11,13-14,17,20-22,31-37,39-41H2,1-7H3,(H,83,86)(H,85,108)(H,87,102)(H,88,107)(H,89,109)(H,90,113)(H,91,110)(H,92,112)(H,93,114)(H,94,115)(H,95,111)(H,96,118)(H,97,116)(H,98,101)(H,99,117)(H,103,104)(H,105,106)(H4,81,82,84)/t45-,52-,53-,54-,55-,56-,57-,58-,59-,60-,61-,66-/m0/s1. The fraction of sp³-hybridized carbons (Fsp3) is 0.519. The Morgan fingerprint density at radius 2 is 0.975 bits per heavy atom. The predicted octanol–water partition coefficient (Wildman–Crippen LogP) is 0.0523. The van der Waals surface area contributed by atoms with Gasteiger partial charge in [0.15, 0.2) is 5.96 Å². The zero-order valence-corrected chi connectivity index (χ0v) is 70.5. The first-order chi connectivity index (χ1) is 56.6. The fourth-order valence-corrected chi connectivity index (χ4v) is 13.7. The first-order valence-electron chi connectivity index (χ1n) is 39.4. The van der Waals surface area contributed by atoms with E-state index in [0.717, 1.165) is 22.9 Å². The first-order valence-corrected chi connectivity index (χ1v) is 41.6. The number of H-pyrrole nitrogens is 1. The number of phenols is 1. The zero-order chi connectivity index (χ0) is 87.8. The summed E-state index contributed by atoms with van der Waals surface area (Å²) in [5, 5.41) is 74.0. The summed E-state index contributed by atoms with van der Waals surface area (Å²) in [5.41, 5.74) is 8.24. The van der Waals surface area contributed by atoms with Crippen molar-refractivity contribution >= 4 is 135 Å². The van der Waals surface area contributed by atoms with Gasteiger partial charge < -0.3 is 100 Å². The lowest BCUT2D eigenvalue weighted by molar-refractivity contribution is -0.141. The Kier molecular flexibility index (Phi) is 42.1. The Balaban J connectivity index is 1.59. The van der Waals surface area contributed by atoms with Crippen LogP contribution in [0.2, 0.25) is 0 Å². The fourth-order valence-electron chi connectivity index (χ4n) is 12.5. The molecule has 650 valence electrons. The molecule has 40 heteroatoms. The molecule has 1 fully saturated rings. The Morgan fingerprint density at radius 3 is 1.45 bits per heavy atom. The molecule has 5 rings (SSSR count). The van der Waals surface area contributed by atoms with Gasteiger partial charge in [0.25, 0.3) is 5.91 Å². The van der Waals surface area contributed by atoms with Crippen LogP contribution in [0, 0.1) is 17.2 Å². The number of carboxylic acids is 2. The maximum absolute atomic E-state index is 15.0. The molecule has 0 spiro atoms. The molecule has 1 aliphatic rings. The smallest absolute Gasteiger partial charge is 0.305 e. The lowest BCUT2D eigenvalue weighted by Gasteiger charge is -2.29. The molecule has 0 unspecified atom stereocenters. The number of carbonyl (C=O) groups is 16. The highest BCUT2D eigenvalue weighted by atomic mass is 127. The van der Waals surface area contributed by atoms with Crippen LogP contribution >= 0.6 is 34.6 Å². The van der Waals surface area contributed by atoms with Gasteiger partial charge in [-0.05, 0) is 85.3 Å². The number of imidazole rings is 1. The highest BCUT2D eigenvalue weighted by molar-refractivity contribution is 14.1. The molecule has 14 amide bonds. The minimum absolute atomic E-state index is 0.0282. The molecule has 0 radical (unpaired) electrons. The van der Waals surface area contributed by atoms with Crippen LogP contribution in [-0.2, 0) is 96.0 Å². The molecule has 38 nitrogen and oxygen atoms in total. The molecule has 22 N–H and O–H groups in total. The maximum atomic E-state index is 15.0. The number of unbranched alkanes of at least 4 members (excludes halogenated alkanes) is 4. The van der Waals surface area contributed by atoms with Gasteiger partial charge in [-0.1, -0.05) is 147 Å². The Morgan fingerprint density at radius 1 is 0.529 bits per heavy atom. The third-order valence-corrected chi connectivity index (χ3v) is 20.5. The van der Waals surface area contributed by atoms with Crippen LogP contribution in [0.3, 0.4) is 0 Å². The normalized spacial score (nSPS) is 22.9. The summed E-state index contributed by atoms with van der Waals surface area (Å²) >= 11 is 2.30. The average Bonchev–Trinajstić information content (AvgIpc) is 1.80. The number of aliphatic carboxylic acids is 2. The quantitative estimate of drug-likeness (QED) is 0.0123. The molecule has 3 aromatic carbocycles. The molecule has 119 heavy (non-hydrogen) atoms. The van der Waals surface area contributed by atoms with Crippen LogP contribution in [0.4, 0.5) is 0 Å². The van der Waals surface area contributed by atoms with E-state index < -0.39 is 211 Å². The van der Waals surface area contributed by atoms with Crippen molar-refractivity contribution in [3.8, 4) is 16.9 Å². The van der Waals surface area contributed by atoms with Crippen LogP contribution in [0.1, 0.15) is 149 Å². The van der Waals surface area contributed by atoms with Crippen LogP contribution < -0.4 is 83.7 Å². The number of rotatable bonds is 27. The number of nitrogens with zero attached hydrogens (tertiary/aromatic N) is 1. The minimum atomic E-state index is -1.96. The van der Waals surface area contributed by atoms with Gasteiger partial charge in [0.05, 0.1) is 60.0 Å². The topological polar surface area (TPSA) is 593 Å². The Bertz CT molecular complexity index is 4110. The number of halogens is 1. The predicted molar refractivity (Wildman–Crippen MR) is 447 cm³/mol. The molecule has 0 saturated carbocycles. The molecule has 1 aliphatic heterocycles. The highest BCUT2D eigenvalue weighted by Crippen LogP contribution is 2.22. The number of thioether (sulfide) groups is 1. The van der Waals surface area contributed by atoms with Crippen molar-refractivity contribution < 1.29 is 92.0 Å². The Hall–Kier alpha value is -11.5. The van der Waals surface area contributed by atoms with Crippen molar-refractivity contribution in [2.45, 2.75) is 224 Å². The van der Waals surface area contributed by atoms with E-state index in [-0.39, 0.29) is 74.6 Å². The number of guanidine groups is 1. The number of aromatic amines is 1. The van der Waals surface area contributed by atoms with E-state index >= 15 is 4.79 Å². The van der Waals surface area contributed by atoms with Crippen molar-refractivity contribution in [1.82, 2.24) is 87.9 Å². The van der Waals surface area contributed by atoms with E-state index in [1.54, 1.807) is 52.0 Å². The van der Waals surface area contributed by atoms with E-state index in [9.17, 15) is 87.2 Å². The van der Waals surface area contributed by atoms with E-state index in [2.05, 4.69) is 87.9 Å². The molecule has 0 bridgehead atoms. The van der Waals surface area contributed by atoms with Crippen molar-refractivity contribution in [2.75, 3.05) is 24.6 Å². The lowest BCUT2D eigenvalue weighted by Crippen LogP contribution is -2.61. The SMILES string of the molecule is CCCCC[C@@H]1NC(=O)[C@H](CCCNC(=N)N)NC(=O)[C@H](C)NC(=O)CSC[C@@H](C(=O)NI)NC(=O)[C@H](CC(=O)O)NC(=O)[C@H](CCCCC)NC(=O)[C@H](Cc2ccc(-c3ccccc3)cc2)NC(=O)[C@H](CC(C)C)NC(=O)[C@H](C(C)C)NC(=O)CNC(=O)[C@H](CC(=O)O)NC(=O)[C@H](Cc2c[nH]cn2)NC(=O)[C@H](Cc2ccc(O)cc2)NC1=O. The molecular formula is C79H112IN19O19S. The third kappa shape index (κ3) is 35.3. The summed E-state index contributed by atoms with van der Waals surface area (Å²) in [6.45, 7) is 10.8. The zero-order valence-electron chi connectivity index (χ0n) is 67.6. The van der Waals surface area contributed by atoms with Crippen LogP contribution in [0.25, 0.3) is 11.1 Å². The second kappa shape index (κ2) is 51.0. The number of aromatic hydroxyl groups is 1. The van der Waals surface area contributed by atoms with E-state index in [1.165, 1.54) is 66.6 Å². The number of amides is 14. The summed E-state index contributed by atoms with van der Waals surface area (Å²) in [6, 6.07) is 2.96. The van der Waals surface area contributed by atoms with Gasteiger partial charge in [-0.25, -0.2) is 4.98 Å². The number of carboxylic acid groups (broad SMARTS) is 2. The average molecular weight is 1790 g/mol. The Labute approximate surface area is 707 Å². The number of aromatic nitrogens is 2. The summed E-state index contributed by atoms with van der Waals surface area (Å²) in [6.07, 6.45) is 2.28. The van der Waals surface area contributed by atoms with Gasteiger partial charge in [0.2, 0.25) is 76.8 Å². The second-order valence-corrected chi connectivity index (χ2v) is 31.2. The molecule has 12 atom stereocenters. The van der Waals surface area contributed by atoms with Gasteiger partial charge in [-0.3, -0.25) is 85.7 Å². The monoisotopic (exact) mass is 1790 g/mol. The molecule has 0 aliphatic carbocycles. The minimum Gasteiger partial charge on any atom is -0.508 e. The largest absolute Gasteiger partial charge is 0.508 e. The van der Waals surface area contributed by atoms with Crippen molar-refractivity contribution in [3.05, 3.63) is 108 Å². The number of benzene rings is 3. The van der Waals surface area contributed by atoms with Crippen LogP contribution in [-0.4, -0.2) is 223 Å². The molecule has 4 aromatic rings. The molecule has 2 heterocycles. The van der Waals surface area contributed by atoms with Crippen molar-refractivity contribution in [3.63, 3.8) is 0 Å². The van der Waals surface area contributed by atoms with Gasteiger partial charge in [0, 0.05) is 37.8 Å². The lowest BCUT2D eigenvalue weighted by atomic mass is 9.98.